The molecule has 36 heavy (non-hydrogen) atoms. The smallest absolute Gasteiger partial charge is 0.336 e. The third-order valence-corrected chi connectivity index (χ3v) is 6.80. The van der Waals surface area contributed by atoms with Crippen LogP contribution in [0, 0.1) is 5.92 Å². The molecule has 0 saturated heterocycles. The van der Waals surface area contributed by atoms with Gasteiger partial charge in [0, 0.05) is 28.8 Å². The first-order valence-corrected chi connectivity index (χ1v) is 12.7. The average molecular weight is 488 g/mol. The number of Topliss-reactive ketones (excluding diaryl/α,β-unsaturated/α-hetero) is 1. The Morgan fingerprint density at radius 2 is 1.50 bits per heavy atom. The third kappa shape index (κ3) is 4.85. The van der Waals surface area contributed by atoms with Crippen molar-refractivity contribution in [2.75, 3.05) is 13.2 Å². The second kappa shape index (κ2) is 11.4. The summed E-state index contributed by atoms with van der Waals surface area (Å²) in [7, 11) is 0. The van der Waals surface area contributed by atoms with E-state index in [-0.39, 0.29) is 24.9 Å². The fourth-order valence-corrected chi connectivity index (χ4v) is 5.34. The first-order chi connectivity index (χ1) is 17.5. The molecule has 0 fully saturated rings. The van der Waals surface area contributed by atoms with Gasteiger partial charge in [-0.3, -0.25) is 9.59 Å². The highest BCUT2D eigenvalue weighted by atomic mass is 16.5. The Labute approximate surface area is 212 Å². The lowest BCUT2D eigenvalue weighted by atomic mass is 9.67. The number of carbonyl (C=O) groups excluding carboxylic acids is 3. The Morgan fingerprint density at radius 3 is 2.08 bits per heavy atom. The highest BCUT2D eigenvalue weighted by Crippen LogP contribution is 2.48. The van der Waals surface area contributed by atoms with Gasteiger partial charge in [0.1, 0.15) is 5.92 Å². The molecule has 0 spiro atoms. The van der Waals surface area contributed by atoms with Crippen LogP contribution in [0.5, 0.6) is 0 Å². The number of dihydropyridines is 1. The van der Waals surface area contributed by atoms with Crippen LogP contribution >= 0.6 is 0 Å². The largest absolute Gasteiger partial charge is 0.465 e. The number of nitrogens with one attached hydrogen (secondary N) is 1. The van der Waals surface area contributed by atoms with E-state index in [0.717, 1.165) is 28.9 Å². The van der Waals surface area contributed by atoms with Gasteiger partial charge in [-0.15, -0.1) is 0 Å². The van der Waals surface area contributed by atoms with Gasteiger partial charge in [0.15, 0.2) is 5.78 Å². The lowest BCUT2D eigenvalue weighted by molar-refractivity contribution is -0.152. The van der Waals surface area contributed by atoms with E-state index in [4.69, 9.17) is 9.47 Å². The molecular formula is C30H33NO5. The first kappa shape index (κ1) is 25.4. The number of rotatable bonds is 8. The van der Waals surface area contributed by atoms with Crippen LogP contribution < -0.4 is 5.32 Å². The van der Waals surface area contributed by atoms with Gasteiger partial charge in [-0.2, -0.15) is 0 Å². The van der Waals surface area contributed by atoms with Gasteiger partial charge in [0.2, 0.25) is 0 Å². The predicted octanol–water partition coefficient (Wildman–Crippen LogP) is 5.18. The van der Waals surface area contributed by atoms with Gasteiger partial charge >= 0.3 is 11.9 Å². The van der Waals surface area contributed by atoms with Crippen LogP contribution in [0.3, 0.4) is 0 Å². The van der Waals surface area contributed by atoms with Gasteiger partial charge in [0.25, 0.3) is 0 Å². The normalized spacial score (nSPS) is 21.5. The summed E-state index contributed by atoms with van der Waals surface area (Å²) < 4.78 is 10.9. The molecule has 188 valence electrons. The molecule has 0 aromatic heterocycles. The molecule has 1 heterocycles. The summed E-state index contributed by atoms with van der Waals surface area (Å²) >= 11 is 0. The van der Waals surface area contributed by atoms with Crippen molar-refractivity contribution < 1.29 is 23.9 Å². The van der Waals surface area contributed by atoms with Crippen molar-refractivity contribution in [3.63, 3.8) is 0 Å². The Hall–Kier alpha value is -3.67. The first-order valence-electron chi connectivity index (χ1n) is 12.7. The molecule has 2 aromatic carbocycles. The second-order valence-electron chi connectivity index (χ2n) is 9.04. The van der Waals surface area contributed by atoms with Crippen LogP contribution in [-0.2, 0) is 23.9 Å². The summed E-state index contributed by atoms with van der Waals surface area (Å²) in [6, 6.07) is 19.1. The Kier molecular flexibility index (Phi) is 8.04. The molecule has 2 aromatic rings. The number of hydrogen-bond donors (Lipinski definition) is 1. The number of ketones is 1. The molecule has 3 atom stereocenters. The number of ether oxygens (including phenoxy) is 2. The SMILES string of the molecule is CCCC1=C(C(=O)OCC)C(c2ccccc2)C2=C(CC(c3ccccc3)C(C(=O)OCC)C2=O)N1. The minimum absolute atomic E-state index is 0.186. The molecule has 0 saturated carbocycles. The van der Waals surface area contributed by atoms with Gasteiger partial charge < -0.3 is 14.8 Å². The zero-order valence-corrected chi connectivity index (χ0v) is 21.1. The van der Waals surface area contributed by atoms with E-state index in [1.807, 2.05) is 60.7 Å². The molecule has 6 heteroatoms. The molecule has 0 amide bonds. The Bertz CT molecular complexity index is 1180. The van der Waals surface area contributed by atoms with Crippen molar-refractivity contribution in [1.29, 1.82) is 0 Å². The van der Waals surface area contributed by atoms with Crippen molar-refractivity contribution >= 4 is 17.7 Å². The molecular weight excluding hydrogens is 454 g/mol. The summed E-state index contributed by atoms with van der Waals surface area (Å²) in [6.07, 6.45) is 1.91. The van der Waals surface area contributed by atoms with E-state index in [1.165, 1.54) is 0 Å². The number of carbonyl (C=O) groups is 3. The Balaban J connectivity index is 1.91. The third-order valence-electron chi connectivity index (χ3n) is 6.80. The van der Waals surface area contributed by atoms with Crippen LogP contribution in [0.2, 0.25) is 0 Å². The van der Waals surface area contributed by atoms with Crippen molar-refractivity contribution in [1.82, 2.24) is 5.32 Å². The maximum absolute atomic E-state index is 14.3. The lowest BCUT2D eigenvalue weighted by Crippen LogP contribution is -2.43. The topological polar surface area (TPSA) is 81.7 Å². The summed E-state index contributed by atoms with van der Waals surface area (Å²) in [5.41, 5.74) is 4.16. The monoisotopic (exact) mass is 487 g/mol. The van der Waals surface area contributed by atoms with Crippen molar-refractivity contribution in [3.8, 4) is 0 Å². The van der Waals surface area contributed by atoms with Gasteiger partial charge in [-0.1, -0.05) is 74.0 Å². The van der Waals surface area contributed by atoms with E-state index in [1.54, 1.807) is 13.8 Å². The minimum atomic E-state index is -0.990. The number of allylic oxidation sites excluding steroid dienone is 3. The van der Waals surface area contributed by atoms with Crippen LogP contribution in [0.25, 0.3) is 0 Å². The number of benzene rings is 2. The second-order valence-corrected chi connectivity index (χ2v) is 9.04. The summed E-state index contributed by atoms with van der Waals surface area (Å²) in [4.78, 5) is 40.8. The van der Waals surface area contributed by atoms with E-state index in [2.05, 4.69) is 12.2 Å². The fraction of sp³-hybridized carbons (Fsp3) is 0.367. The van der Waals surface area contributed by atoms with E-state index >= 15 is 0 Å². The van der Waals surface area contributed by atoms with E-state index < -0.39 is 23.8 Å². The van der Waals surface area contributed by atoms with Crippen LogP contribution in [0.15, 0.2) is 83.2 Å². The average Bonchev–Trinajstić information content (AvgIpc) is 2.89. The van der Waals surface area contributed by atoms with Crippen molar-refractivity contribution in [3.05, 3.63) is 94.3 Å². The standard InChI is InChI=1S/C30H33NO5/c1-4-13-22-27(30(34)36-6-3)24(20-16-11-8-12-17-20)26-23(31-22)18-21(19-14-9-7-10-15-19)25(28(26)32)29(33)35-5-2/h7-12,14-17,21,24-25,31H,4-6,13,18H2,1-3H3. The number of hydrogen-bond acceptors (Lipinski definition) is 6. The van der Waals surface area contributed by atoms with Gasteiger partial charge in [0.05, 0.1) is 18.8 Å². The maximum Gasteiger partial charge on any atom is 0.336 e. The van der Waals surface area contributed by atoms with Crippen LogP contribution in [-0.4, -0.2) is 30.9 Å². The lowest BCUT2D eigenvalue weighted by Gasteiger charge is -2.40. The molecule has 1 aliphatic heterocycles. The number of esters is 2. The van der Waals surface area contributed by atoms with Crippen molar-refractivity contribution in [2.45, 2.75) is 51.9 Å². The van der Waals surface area contributed by atoms with E-state index in [9.17, 15) is 14.4 Å². The zero-order chi connectivity index (χ0) is 25.7. The molecule has 1 aliphatic carbocycles. The molecule has 6 nitrogen and oxygen atoms in total. The van der Waals surface area contributed by atoms with Crippen LogP contribution in [0.4, 0.5) is 0 Å². The van der Waals surface area contributed by atoms with Crippen LogP contribution in [0.1, 0.15) is 63.0 Å². The summed E-state index contributed by atoms with van der Waals surface area (Å²) in [5.74, 6) is -3.26. The fourth-order valence-electron chi connectivity index (χ4n) is 5.34. The molecule has 2 aliphatic rings. The zero-order valence-electron chi connectivity index (χ0n) is 21.1. The molecule has 0 bridgehead atoms. The Morgan fingerprint density at radius 1 is 0.889 bits per heavy atom. The molecule has 3 unspecified atom stereocenters. The quantitative estimate of drug-likeness (QED) is 0.408. The highest BCUT2D eigenvalue weighted by Gasteiger charge is 2.49. The molecule has 1 N–H and O–H groups in total. The summed E-state index contributed by atoms with van der Waals surface area (Å²) in [5, 5.41) is 3.45. The van der Waals surface area contributed by atoms with Crippen molar-refractivity contribution in [2.24, 2.45) is 5.92 Å². The minimum Gasteiger partial charge on any atom is -0.465 e. The summed E-state index contributed by atoms with van der Waals surface area (Å²) in [6.45, 7) is 5.97. The maximum atomic E-state index is 14.3. The highest BCUT2D eigenvalue weighted by molar-refractivity contribution is 6.13. The molecule has 4 rings (SSSR count). The van der Waals surface area contributed by atoms with E-state index in [0.29, 0.717) is 24.0 Å². The predicted molar refractivity (Wildman–Crippen MR) is 137 cm³/mol. The molecule has 0 radical (unpaired) electrons. The van der Waals surface area contributed by atoms with Gasteiger partial charge in [-0.25, -0.2) is 4.79 Å². The van der Waals surface area contributed by atoms with Gasteiger partial charge in [-0.05, 0) is 37.8 Å².